The summed E-state index contributed by atoms with van der Waals surface area (Å²) in [7, 11) is 1.55. The number of nitrogens with zero attached hydrogens (tertiary/aromatic N) is 2. The summed E-state index contributed by atoms with van der Waals surface area (Å²) in [6, 6.07) is 1.65. The molecule has 5 nitrogen and oxygen atoms in total. The van der Waals surface area contributed by atoms with Gasteiger partial charge in [0.05, 0.1) is 24.4 Å². The molecule has 2 aromatic heterocycles. The molecule has 0 aliphatic heterocycles. The highest BCUT2D eigenvalue weighted by Gasteiger charge is 2.10. The van der Waals surface area contributed by atoms with E-state index >= 15 is 0 Å². The molecule has 0 saturated carbocycles. The Morgan fingerprint density at radius 1 is 1.53 bits per heavy atom. The fourth-order valence-electron chi connectivity index (χ4n) is 1.13. The fourth-order valence-corrected chi connectivity index (χ4v) is 2.02. The van der Waals surface area contributed by atoms with Crippen molar-refractivity contribution in [3.8, 4) is 5.75 Å². The minimum absolute atomic E-state index is 0.228. The van der Waals surface area contributed by atoms with E-state index < -0.39 is 0 Å². The van der Waals surface area contributed by atoms with Crippen LogP contribution in [0, 0.1) is 0 Å². The van der Waals surface area contributed by atoms with Crippen molar-refractivity contribution in [3.05, 3.63) is 33.9 Å². The van der Waals surface area contributed by atoms with Crippen molar-refractivity contribution in [3.63, 3.8) is 0 Å². The Labute approximate surface area is 106 Å². The van der Waals surface area contributed by atoms with Crippen LogP contribution in [0.2, 0.25) is 5.15 Å². The maximum atomic E-state index is 11.8. The van der Waals surface area contributed by atoms with Crippen LogP contribution in [0.5, 0.6) is 5.75 Å². The van der Waals surface area contributed by atoms with Gasteiger partial charge in [-0.2, -0.15) is 0 Å². The molecule has 0 unspecified atom stereocenters. The Kier molecular flexibility index (Phi) is 3.55. The van der Waals surface area contributed by atoms with Crippen LogP contribution in [-0.4, -0.2) is 23.0 Å². The SMILES string of the molecule is COc1csc(C(=O)Nc2cncc(Cl)n2)c1. The predicted molar refractivity (Wildman–Crippen MR) is 65.9 cm³/mol. The Bertz CT molecular complexity index is 544. The van der Waals surface area contributed by atoms with Crippen molar-refractivity contribution < 1.29 is 9.53 Å². The van der Waals surface area contributed by atoms with E-state index in [9.17, 15) is 4.79 Å². The molecule has 0 bridgehead atoms. The van der Waals surface area contributed by atoms with Crippen LogP contribution < -0.4 is 10.1 Å². The molecule has 88 valence electrons. The highest BCUT2D eigenvalue weighted by Crippen LogP contribution is 2.21. The standard InChI is InChI=1S/C10H8ClN3O2S/c1-16-6-2-7(17-5-6)10(15)14-9-4-12-3-8(11)13-9/h2-5H,1H3,(H,13,14,15). The Morgan fingerprint density at radius 3 is 3.00 bits per heavy atom. The molecule has 0 spiro atoms. The third-order valence-electron chi connectivity index (χ3n) is 1.88. The Hall–Kier alpha value is -1.66. The lowest BCUT2D eigenvalue weighted by molar-refractivity contribution is 0.103. The molecule has 0 aromatic carbocycles. The van der Waals surface area contributed by atoms with Gasteiger partial charge in [0.2, 0.25) is 0 Å². The second-order valence-corrected chi connectivity index (χ2v) is 4.33. The summed E-state index contributed by atoms with van der Waals surface area (Å²) in [6.07, 6.45) is 2.82. The van der Waals surface area contributed by atoms with Crippen LogP contribution in [0.1, 0.15) is 9.67 Å². The summed E-state index contributed by atoms with van der Waals surface area (Å²) in [5.74, 6) is 0.696. The topological polar surface area (TPSA) is 64.1 Å². The van der Waals surface area contributed by atoms with E-state index in [1.54, 1.807) is 18.6 Å². The van der Waals surface area contributed by atoms with E-state index in [1.165, 1.54) is 23.7 Å². The minimum Gasteiger partial charge on any atom is -0.496 e. The van der Waals surface area contributed by atoms with Crippen LogP contribution in [0.25, 0.3) is 0 Å². The number of thiophene rings is 1. The zero-order chi connectivity index (χ0) is 12.3. The van der Waals surface area contributed by atoms with Crippen molar-refractivity contribution in [1.29, 1.82) is 0 Å². The number of carbonyl (C=O) groups is 1. The predicted octanol–water partition coefficient (Wildman–Crippen LogP) is 2.45. The van der Waals surface area contributed by atoms with Crippen molar-refractivity contribution in [1.82, 2.24) is 9.97 Å². The monoisotopic (exact) mass is 269 g/mol. The molecule has 1 amide bonds. The van der Waals surface area contributed by atoms with Gasteiger partial charge in [-0.1, -0.05) is 11.6 Å². The lowest BCUT2D eigenvalue weighted by atomic mass is 10.4. The molecule has 0 aliphatic rings. The maximum absolute atomic E-state index is 11.8. The number of anilines is 1. The van der Waals surface area contributed by atoms with E-state index in [0.717, 1.165) is 0 Å². The molecule has 7 heteroatoms. The third kappa shape index (κ3) is 2.92. The first-order chi connectivity index (χ1) is 8.19. The van der Waals surface area contributed by atoms with E-state index in [-0.39, 0.29) is 11.1 Å². The van der Waals surface area contributed by atoms with Gasteiger partial charge < -0.3 is 10.1 Å². The summed E-state index contributed by atoms with van der Waals surface area (Å²) in [5, 5.41) is 4.57. The minimum atomic E-state index is -0.269. The van der Waals surface area contributed by atoms with E-state index in [4.69, 9.17) is 16.3 Å². The molecule has 0 saturated heterocycles. The Balaban J connectivity index is 2.11. The van der Waals surface area contributed by atoms with Gasteiger partial charge in [0.15, 0.2) is 5.82 Å². The molecule has 2 aromatic rings. The normalized spacial score (nSPS) is 10.0. The number of halogens is 1. The number of hydrogen-bond acceptors (Lipinski definition) is 5. The van der Waals surface area contributed by atoms with Gasteiger partial charge in [-0.15, -0.1) is 11.3 Å². The number of ether oxygens (including phenoxy) is 1. The second-order valence-electron chi connectivity index (χ2n) is 3.03. The van der Waals surface area contributed by atoms with Crippen molar-refractivity contribution in [2.45, 2.75) is 0 Å². The third-order valence-corrected chi connectivity index (χ3v) is 2.97. The maximum Gasteiger partial charge on any atom is 0.267 e. The average molecular weight is 270 g/mol. The number of rotatable bonds is 3. The number of carbonyl (C=O) groups excluding carboxylic acids is 1. The average Bonchev–Trinajstić information content (AvgIpc) is 2.77. The smallest absolute Gasteiger partial charge is 0.267 e. The van der Waals surface area contributed by atoms with Crippen LogP contribution >= 0.6 is 22.9 Å². The van der Waals surface area contributed by atoms with Crippen molar-refractivity contribution in [2.75, 3.05) is 12.4 Å². The quantitative estimate of drug-likeness (QED) is 0.930. The molecule has 0 aliphatic carbocycles. The molecule has 0 atom stereocenters. The van der Waals surface area contributed by atoms with E-state index in [1.807, 2.05) is 0 Å². The van der Waals surface area contributed by atoms with E-state index in [0.29, 0.717) is 16.4 Å². The molecule has 0 radical (unpaired) electrons. The Morgan fingerprint density at radius 2 is 2.35 bits per heavy atom. The fraction of sp³-hybridized carbons (Fsp3) is 0.100. The van der Waals surface area contributed by atoms with Gasteiger partial charge in [0.1, 0.15) is 10.9 Å². The molecule has 2 rings (SSSR count). The van der Waals surface area contributed by atoms with Crippen LogP contribution in [-0.2, 0) is 0 Å². The molecule has 1 N–H and O–H groups in total. The van der Waals surface area contributed by atoms with Gasteiger partial charge in [-0.25, -0.2) is 4.98 Å². The molecule has 2 heterocycles. The largest absolute Gasteiger partial charge is 0.496 e. The summed E-state index contributed by atoms with van der Waals surface area (Å²) >= 11 is 6.95. The highest BCUT2D eigenvalue weighted by molar-refractivity contribution is 7.12. The molecule has 17 heavy (non-hydrogen) atoms. The van der Waals surface area contributed by atoms with Crippen molar-refractivity contribution in [2.24, 2.45) is 0 Å². The van der Waals surface area contributed by atoms with Gasteiger partial charge in [-0.05, 0) is 0 Å². The van der Waals surface area contributed by atoms with Gasteiger partial charge >= 0.3 is 0 Å². The van der Waals surface area contributed by atoms with Crippen molar-refractivity contribution >= 4 is 34.7 Å². The van der Waals surface area contributed by atoms with Gasteiger partial charge in [-0.3, -0.25) is 9.78 Å². The molecule has 0 fully saturated rings. The lowest BCUT2D eigenvalue weighted by Gasteiger charge is -2.01. The summed E-state index contributed by atoms with van der Waals surface area (Å²) in [6.45, 7) is 0. The van der Waals surface area contributed by atoms with Crippen LogP contribution in [0.15, 0.2) is 23.8 Å². The zero-order valence-electron chi connectivity index (χ0n) is 8.81. The first-order valence-electron chi connectivity index (χ1n) is 4.60. The lowest BCUT2D eigenvalue weighted by Crippen LogP contribution is -2.11. The number of nitrogens with one attached hydrogen (secondary N) is 1. The summed E-state index contributed by atoms with van der Waals surface area (Å²) in [5.41, 5.74) is 0. The summed E-state index contributed by atoms with van der Waals surface area (Å²) in [4.78, 5) is 20.1. The highest BCUT2D eigenvalue weighted by atomic mass is 35.5. The van der Waals surface area contributed by atoms with Gasteiger partial charge in [0.25, 0.3) is 5.91 Å². The summed E-state index contributed by atoms with van der Waals surface area (Å²) < 4.78 is 5.00. The number of hydrogen-bond donors (Lipinski definition) is 1. The van der Waals surface area contributed by atoms with E-state index in [2.05, 4.69) is 15.3 Å². The first-order valence-corrected chi connectivity index (χ1v) is 5.86. The number of aromatic nitrogens is 2. The van der Waals surface area contributed by atoms with Crippen LogP contribution in [0.3, 0.4) is 0 Å². The van der Waals surface area contributed by atoms with Gasteiger partial charge in [0, 0.05) is 11.4 Å². The van der Waals surface area contributed by atoms with Crippen LogP contribution in [0.4, 0.5) is 5.82 Å². The first kappa shape index (κ1) is 11.8. The number of amides is 1. The molecular weight excluding hydrogens is 262 g/mol. The zero-order valence-corrected chi connectivity index (χ0v) is 10.4. The molecular formula is C10H8ClN3O2S. The number of methoxy groups -OCH3 is 1. The second kappa shape index (κ2) is 5.11.